The van der Waals surface area contributed by atoms with E-state index in [-0.39, 0.29) is 11.5 Å². The summed E-state index contributed by atoms with van der Waals surface area (Å²) in [6.45, 7) is 4.43. The van der Waals surface area contributed by atoms with Gasteiger partial charge in [-0.25, -0.2) is 4.68 Å². The first-order valence-corrected chi connectivity index (χ1v) is 9.12. The maximum Gasteiger partial charge on any atom is 0.308 e. The molecule has 0 saturated heterocycles. The van der Waals surface area contributed by atoms with Gasteiger partial charge in [-0.2, -0.15) is 0 Å². The van der Waals surface area contributed by atoms with Gasteiger partial charge in [0, 0.05) is 17.4 Å². The largest absolute Gasteiger partial charge is 0.426 e. The average molecular weight is 477 g/mol. The molecule has 0 bridgehead atoms. The molecule has 138 valence electrons. The fourth-order valence-corrected chi connectivity index (χ4v) is 3.21. The van der Waals surface area contributed by atoms with Gasteiger partial charge >= 0.3 is 11.9 Å². The summed E-state index contributed by atoms with van der Waals surface area (Å²) >= 11 is 2.21. The Balaban J connectivity index is 2.16. The Bertz CT molecular complexity index is 992. The van der Waals surface area contributed by atoms with Crippen LogP contribution in [0.2, 0.25) is 0 Å². The normalized spacial score (nSPS) is 10.5. The van der Waals surface area contributed by atoms with Crippen molar-refractivity contribution in [3.63, 3.8) is 0 Å². The van der Waals surface area contributed by atoms with Crippen molar-refractivity contribution in [2.24, 2.45) is 0 Å². The lowest BCUT2D eigenvalue weighted by Gasteiger charge is -2.13. The molecule has 8 heteroatoms. The van der Waals surface area contributed by atoms with Gasteiger partial charge in [0.25, 0.3) is 0 Å². The second kappa shape index (κ2) is 7.87. The van der Waals surface area contributed by atoms with Gasteiger partial charge in [0.15, 0.2) is 0 Å². The Morgan fingerprint density at radius 1 is 1.04 bits per heavy atom. The molecule has 0 fully saturated rings. The number of hydrogen-bond acceptors (Lipinski definition) is 6. The molecule has 0 N–H and O–H groups in total. The van der Waals surface area contributed by atoms with Crippen molar-refractivity contribution in [2.75, 3.05) is 0 Å². The molecular weight excluding hydrogens is 461 g/mol. The van der Waals surface area contributed by atoms with Crippen LogP contribution < -0.4 is 9.47 Å². The molecule has 0 unspecified atom stereocenters. The SMILES string of the molecule is CC(=O)Oc1cc(C)cc(OC(C)=O)c1-c1cn(-c2ccccc2I)nn1. The summed E-state index contributed by atoms with van der Waals surface area (Å²) in [6, 6.07) is 11.1. The first-order valence-electron chi connectivity index (χ1n) is 8.04. The summed E-state index contributed by atoms with van der Waals surface area (Å²) in [5.74, 6) is -0.455. The molecular formula is C19H16IN3O4. The zero-order valence-corrected chi connectivity index (χ0v) is 17.1. The molecule has 0 spiro atoms. The maximum absolute atomic E-state index is 11.5. The minimum absolute atomic E-state index is 0.258. The van der Waals surface area contributed by atoms with Gasteiger partial charge in [-0.15, -0.1) is 5.10 Å². The molecule has 1 aromatic heterocycles. The zero-order chi connectivity index (χ0) is 19.6. The molecule has 27 heavy (non-hydrogen) atoms. The Hall–Kier alpha value is -2.75. The number of halogens is 1. The number of aryl methyl sites for hydroxylation is 1. The van der Waals surface area contributed by atoms with E-state index in [0.29, 0.717) is 11.3 Å². The number of aromatic nitrogens is 3. The highest BCUT2D eigenvalue weighted by Crippen LogP contribution is 2.39. The predicted molar refractivity (Wildman–Crippen MR) is 107 cm³/mol. The quantitative estimate of drug-likeness (QED) is 0.324. The molecule has 0 radical (unpaired) electrons. The van der Waals surface area contributed by atoms with E-state index >= 15 is 0 Å². The van der Waals surface area contributed by atoms with Gasteiger partial charge in [0.1, 0.15) is 17.2 Å². The number of rotatable bonds is 4. The Kier molecular flexibility index (Phi) is 5.54. The van der Waals surface area contributed by atoms with Gasteiger partial charge < -0.3 is 9.47 Å². The lowest BCUT2D eigenvalue weighted by Crippen LogP contribution is -2.07. The highest BCUT2D eigenvalue weighted by atomic mass is 127. The van der Waals surface area contributed by atoms with Crippen molar-refractivity contribution in [2.45, 2.75) is 20.8 Å². The van der Waals surface area contributed by atoms with E-state index in [1.54, 1.807) is 23.0 Å². The number of nitrogens with zero attached hydrogens (tertiary/aromatic N) is 3. The summed E-state index contributed by atoms with van der Waals surface area (Å²) in [5.41, 5.74) is 2.44. The Morgan fingerprint density at radius 3 is 2.19 bits per heavy atom. The van der Waals surface area contributed by atoms with Crippen LogP contribution in [-0.2, 0) is 9.59 Å². The molecule has 0 amide bonds. The van der Waals surface area contributed by atoms with Gasteiger partial charge in [-0.05, 0) is 59.3 Å². The summed E-state index contributed by atoms with van der Waals surface area (Å²) in [6.07, 6.45) is 1.70. The van der Waals surface area contributed by atoms with Crippen LogP contribution in [0.3, 0.4) is 0 Å². The van der Waals surface area contributed by atoms with Crippen LogP contribution in [0, 0.1) is 10.5 Å². The zero-order valence-electron chi connectivity index (χ0n) is 14.9. The van der Waals surface area contributed by atoms with Crippen LogP contribution in [0.25, 0.3) is 16.9 Å². The van der Waals surface area contributed by atoms with E-state index in [2.05, 4.69) is 32.9 Å². The number of para-hydroxylation sites is 1. The molecule has 0 aliphatic heterocycles. The topological polar surface area (TPSA) is 83.3 Å². The molecule has 1 heterocycles. The lowest BCUT2D eigenvalue weighted by atomic mass is 10.1. The summed E-state index contributed by atoms with van der Waals surface area (Å²) < 4.78 is 13.3. The number of carbonyl (C=O) groups excluding carboxylic acids is 2. The smallest absolute Gasteiger partial charge is 0.308 e. The monoisotopic (exact) mass is 477 g/mol. The summed E-state index contributed by atoms with van der Waals surface area (Å²) in [7, 11) is 0. The number of benzene rings is 2. The van der Waals surface area contributed by atoms with Crippen LogP contribution in [0.15, 0.2) is 42.6 Å². The molecule has 0 aliphatic carbocycles. The van der Waals surface area contributed by atoms with Crippen LogP contribution in [-0.4, -0.2) is 26.9 Å². The van der Waals surface area contributed by atoms with E-state index < -0.39 is 11.9 Å². The van der Waals surface area contributed by atoms with E-state index in [4.69, 9.17) is 9.47 Å². The fourth-order valence-electron chi connectivity index (χ4n) is 2.58. The number of carbonyl (C=O) groups is 2. The Morgan fingerprint density at radius 2 is 1.63 bits per heavy atom. The van der Waals surface area contributed by atoms with Crippen LogP contribution in [0.1, 0.15) is 19.4 Å². The Labute approximate surface area is 169 Å². The minimum atomic E-state index is -0.486. The first-order chi connectivity index (χ1) is 12.8. The van der Waals surface area contributed by atoms with E-state index in [1.807, 2.05) is 31.2 Å². The number of ether oxygens (including phenoxy) is 2. The number of hydrogen-bond donors (Lipinski definition) is 0. The third-order valence-electron chi connectivity index (χ3n) is 3.57. The third-order valence-corrected chi connectivity index (χ3v) is 4.48. The molecule has 7 nitrogen and oxygen atoms in total. The van der Waals surface area contributed by atoms with Crippen molar-refractivity contribution < 1.29 is 19.1 Å². The molecule has 3 rings (SSSR count). The molecule has 0 atom stereocenters. The summed E-state index contributed by atoms with van der Waals surface area (Å²) in [4.78, 5) is 23.1. The molecule has 3 aromatic rings. The predicted octanol–water partition coefficient (Wildman–Crippen LogP) is 3.70. The van der Waals surface area contributed by atoms with Crippen LogP contribution >= 0.6 is 22.6 Å². The van der Waals surface area contributed by atoms with Gasteiger partial charge in [-0.1, -0.05) is 17.3 Å². The van der Waals surface area contributed by atoms with Crippen LogP contribution in [0.5, 0.6) is 11.5 Å². The van der Waals surface area contributed by atoms with Crippen molar-refractivity contribution in [1.29, 1.82) is 0 Å². The van der Waals surface area contributed by atoms with Crippen molar-refractivity contribution in [3.8, 4) is 28.4 Å². The van der Waals surface area contributed by atoms with Crippen molar-refractivity contribution in [3.05, 3.63) is 51.7 Å². The van der Waals surface area contributed by atoms with Gasteiger partial charge in [0.05, 0.1) is 17.4 Å². The van der Waals surface area contributed by atoms with E-state index in [1.165, 1.54) is 13.8 Å². The summed E-state index contributed by atoms with van der Waals surface area (Å²) in [5, 5.41) is 8.36. The third kappa shape index (κ3) is 4.33. The fraction of sp³-hybridized carbons (Fsp3) is 0.158. The second-order valence-corrected chi connectivity index (χ2v) is 6.99. The number of esters is 2. The lowest BCUT2D eigenvalue weighted by molar-refractivity contribution is -0.132. The highest BCUT2D eigenvalue weighted by Gasteiger charge is 2.21. The van der Waals surface area contributed by atoms with Gasteiger partial charge in [0.2, 0.25) is 0 Å². The molecule has 0 aliphatic rings. The molecule has 0 saturated carbocycles. The first kappa shape index (κ1) is 19.0. The van der Waals surface area contributed by atoms with Crippen molar-refractivity contribution >= 4 is 34.5 Å². The standard InChI is InChI=1S/C19H16IN3O4/c1-11-8-17(26-12(2)24)19(18(9-11)27-13(3)25)15-10-23(22-21-15)16-7-5-4-6-14(16)20/h4-10H,1-3H3. The van der Waals surface area contributed by atoms with E-state index in [0.717, 1.165) is 14.8 Å². The second-order valence-electron chi connectivity index (χ2n) is 5.82. The van der Waals surface area contributed by atoms with Crippen molar-refractivity contribution in [1.82, 2.24) is 15.0 Å². The van der Waals surface area contributed by atoms with Gasteiger partial charge in [-0.3, -0.25) is 9.59 Å². The minimum Gasteiger partial charge on any atom is -0.426 e. The average Bonchev–Trinajstić information content (AvgIpc) is 3.03. The highest BCUT2D eigenvalue weighted by molar-refractivity contribution is 14.1. The van der Waals surface area contributed by atoms with E-state index in [9.17, 15) is 9.59 Å². The molecule has 2 aromatic carbocycles. The maximum atomic E-state index is 11.5. The van der Waals surface area contributed by atoms with Crippen LogP contribution in [0.4, 0.5) is 0 Å².